The van der Waals surface area contributed by atoms with Crippen molar-refractivity contribution in [3.05, 3.63) is 71.5 Å². The molecule has 0 saturated carbocycles. The molecule has 1 aromatic heterocycles. The lowest BCUT2D eigenvalue weighted by Crippen LogP contribution is -2.54. The van der Waals surface area contributed by atoms with E-state index in [4.69, 9.17) is 9.47 Å². The van der Waals surface area contributed by atoms with Gasteiger partial charge in [-0.25, -0.2) is 4.68 Å². The fourth-order valence-corrected chi connectivity index (χ4v) is 4.26. The number of benzene rings is 2. The number of hydrogen-bond acceptors (Lipinski definition) is 7. The third kappa shape index (κ3) is 7.56. The van der Waals surface area contributed by atoms with Gasteiger partial charge >= 0.3 is 0 Å². The average Bonchev–Trinajstić information content (AvgIpc) is 3.41. The maximum atomic E-state index is 13.5. The lowest BCUT2D eigenvalue weighted by Gasteiger charge is -2.23. The normalized spacial score (nSPS) is 18.6. The number of nitrogens with one attached hydrogen (secondary N) is 3. The SMILES string of the molecule is CCCC[C@@H]1NC(=O)c2ccc(c(OC)c2)OCCn2cc(nn2)CNC(=O)[C@H](Cc2ccccc2)NC1=O. The van der Waals surface area contributed by atoms with Crippen molar-refractivity contribution in [3.63, 3.8) is 0 Å². The number of unbranched alkanes of at least 4 members (excludes halogenated alkanes) is 1. The van der Waals surface area contributed by atoms with Gasteiger partial charge in [-0.05, 0) is 30.2 Å². The maximum Gasteiger partial charge on any atom is 0.252 e. The van der Waals surface area contributed by atoms with Crippen LogP contribution < -0.4 is 25.4 Å². The van der Waals surface area contributed by atoms with Crippen LogP contribution in [0.1, 0.15) is 47.8 Å². The Morgan fingerprint density at radius 3 is 2.64 bits per heavy atom. The standard InChI is InChI=1S/C28H34N6O5/c1-3-4-10-22-28(37)31-23(15-19-8-6-5-7-9-19)27(36)29-17-21-18-34(33-32-21)13-14-39-24-12-11-20(26(35)30-22)16-25(24)38-2/h5-9,11-12,16,18,22-23H,3-4,10,13-15,17H2,1-2H3,(H,29,36)(H,30,35)(H,31,37)/t22-,23-/m0/s1. The molecule has 2 aliphatic heterocycles. The van der Waals surface area contributed by atoms with Gasteiger partial charge in [0, 0.05) is 12.0 Å². The minimum atomic E-state index is -0.856. The molecule has 0 saturated heterocycles. The average molecular weight is 535 g/mol. The molecule has 4 bridgehead atoms. The summed E-state index contributed by atoms with van der Waals surface area (Å²) in [6.45, 7) is 2.85. The molecule has 0 spiro atoms. The van der Waals surface area contributed by atoms with E-state index in [1.165, 1.54) is 7.11 Å². The summed E-state index contributed by atoms with van der Waals surface area (Å²) in [6, 6.07) is 12.6. The lowest BCUT2D eigenvalue weighted by molar-refractivity contribution is -0.130. The third-order valence-corrected chi connectivity index (χ3v) is 6.42. The van der Waals surface area contributed by atoms with Crippen molar-refractivity contribution >= 4 is 17.7 Å². The molecular formula is C28H34N6O5. The fourth-order valence-electron chi connectivity index (χ4n) is 4.26. The van der Waals surface area contributed by atoms with E-state index in [2.05, 4.69) is 26.3 Å². The second kappa shape index (κ2) is 13.4. The predicted molar refractivity (Wildman–Crippen MR) is 143 cm³/mol. The van der Waals surface area contributed by atoms with E-state index < -0.39 is 23.9 Å². The minimum Gasteiger partial charge on any atom is -0.493 e. The van der Waals surface area contributed by atoms with Crippen LogP contribution in [-0.4, -0.2) is 58.5 Å². The smallest absolute Gasteiger partial charge is 0.252 e. The predicted octanol–water partition coefficient (Wildman–Crippen LogP) is 2.01. The largest absolute Gasteiger partial charge is 0.493 e. The van der Waals surface area contributed by atoms with Crippen LogP contribution in [0.5, 0.6) is 11.5 Å². The number of methoxy groups -OCH3 is 1. The first kappa shape index (κ1) is 27.6. The van der Waals surface area contributed by atoms with Crippen LogP contribution in [0.3, 0.4) is 0 Å². The molecule has 0 unspecified atom stereocenters. The fraction of sp³-hybridized carbons (Fsp3) is 0.393. The monoisotopic (exact) mass is 534 g/mol. The summed E-state index contributed by atoms with van der Waals surface area (Å²) < 4.78 is 12.9. The van der Waals surface area contributed by atoms with Crippen molar-refractivity contribution in [2.24, 2.45) is 0 Å². The molecule has 0 radical (unpaired) electrons. The summed E-state index contributed by atoms with van der Waals surface area (Å²) in [6.07, 6.45) is 4.00. The van der Waals surface area contributed by atoms with Gasteiger partial charge in [0.25, 0.3) is 5.91 Å². The summed E-state index contributed by atoms with van der Waals surface area (Å²) >= 11 is 0. The summed E-state index contributed by atoms with van der Waals surface area (Å²) in [5, 5.41) is 16.8. The number of ether oxygens (including phenoxy) is 2. The highest BCUT2D eigenvalue weighted by atomic mass is 16.5. The zero-order valence-electron chi connectivity index (χ0n) is 22.2. The van der Waals surface area contributed by atoms with Crippen LogP contribution >= 0.6 is 0 Å². The Morgan fingerprint density at radius 1 is 1.05 bits per heavy atom. The molecular weight excluding hydrogens is 500 g/mol. The molecule has 11 nitrogen and oxygen atoms in total. The van der Waals surface area contributed by atoms with Gasteiger partial charge in [0.2, 0.25) is 11.8 Å². The Hall–Kier alpha value is -4.41. The van der Waals surface area contributed by atoms with Gasteiger partial charge in [-0.15, -0.1) is 5.10 Å². The summed E-state index contributed by atoms with van der Waals surface area (Å²) in [5.74, 6) is -0.337. The van der Waals surface area contributed by atoms with Crippen molar-refractivity contribution in [1.29, 1.82) is 0 Å². The number of nitrogens with zero attached hydrogens (tertiary/aromatic N) is 3. The summed E-state index contributed by atoms with van der Waals surface area (Å²) in [7, 11) is 1.50. The van der Waals surface area contributed by atoms with Gasteiger partial charge in [0.05, 0.1) is 26.4 Å². The van der Waals surface area contributed by atoms with Gasteiger partial charge in [-0.2, -0.15) is 0 Å². The molecule has 0 aliphatic carbocycles. The highest BCUT2D eigenvalue weighted by molar-refractivity contribution is 5.98. The molecule has 3 heterocycles. The number of hydrogen-bond donors (Lipinski definition) is 3. The molecule has 0 fully saturated rings. The van der Waals surface area contributed by atoms with E-state index >= 15 is 0 Å². The van der Waals surface area contributed by atoms with Crippen molar-refractivity contribution in [3.8, 4) is 11.5 Å². The van der Waals surface area contributed by atoms with E-state index in [1.54, 1.807) is 29.1 Å². The van der Waals surface area contributed by atoms with E-state index in [-0.39, 0.29) is 25.5 Å². The first-order valence-electron chi connectivity index (χ1n) is 13.1. The first-order valence-corrected chi connectivity index (χ1v) is 13.1. The van der Waals surface area contributed by atoms with Gasteiger partial charge in [0.1, 0.15) is 24.4 Å². The van der Waals surface area contributed by atoms with Gasteiger partial charge in [0.15, 0.2) is 11.5 Å². The Labute approximate surface area is 227 Å². The van der Waals surface area contributed by atoms with E-state index in [0.717, 1.165) is 18.4 Å². The van der Waals surface area contributed by atoms with Crippen LogP contribution in [0.2, 0.25) is 0 Å². The molecule has 11 heteroatoms. The molecule has 3 aromatic rings. The number of fused-ring (bicyclic) bond motifs is 12. The van der Waals surface area contributed by atoms with Crippen LogP contribution in [0, 0.1) is 0 Å². The number of carbonyl (C=O) groups is 3. The number of carbonyl (C=O) groups excluding carboxylic acids is 3. The quantitative estimate of drug-likeness (QED) is 0.412. The zero-order chi connectivity index (χ0) is 27.6. The van der Waals surface area contributed by atoms with Gasteiger partial charge in [-0.3, -0.25) is 14.4 Å². The zero-order valence-corrected chi connectivity index (χ0v) is 22.2. The molecule has 2 atom stereocenters. The molecule has 39 heavy (non-hydrogen) atoms. The maximum absolute atomic E-state index is 13.5. The Balaban J connectivity index is 1.64. The third-order valence-electron chi connectivity index (χ3n) is 6.42. The Bertz CT molecular complexity index is 1280. The molecule has 206 valence electrons. The number of aromatic nitrogens is 3. The van der Waals surface area contributed by atoms with Crippen LogP contribution in [0.4, 0.5) is 0 Å². The molecule has 3 amide bonds. The van der Waals surface area contributed by atoms with Crippen LogP contribution in [0.25, 0.3) is 0 Å². The number of rotatable bonds is 6. The van der Waals surface area contributed by atoms with Crippen LogP contribution in [-0.2, 0) is 29.1 Å². The van der Waals surface area contributed by atoms with Crippen molar-refractivity contribution in [2.75, 3.05) is 13.7 Å². The van der Waals surface area contributed by atoms with E-state index in [0.29, 0.717) is 35.7 Å². The van der Waals surface area contributed by atoms with E-state index in [9.17, 15) is 14.4 Å². The van der Waals surface area contributed by atoms with Gasteiger partial charge < -0.3 is 25.4 Å². The Kier molecular flexibility index (Phi) is 9.49. The molecule has 2 aromatic carbocycles. The second-order valence-corrected chi connectivity index (χ2v) is 9.32. The summed E-state index contributed by atoms with van der Waals surface area (Å²) in [5.41, 5.74) is 1.79. The second-order valence-electron chi connectivity index (χ2n) is 9.32. The Morgan fingerprint density at radius 2 is 1.87 bits per heavy atom. The van der Waals surface area contributed by atoms with Crippen molar-refractivity contribution in [2.45, 2.75) is 57.8 Å². The van der Waals surface area contributed by atoms with Crippen LogP contribution in [0.15, 0.2) is 54.7 Å². The first-order chi connectivity index (χ1) is 19.0. The van der Waals surface area contributed by atoms with Gasteiger partial charge in [-0.1, -0.05) is 55.3 Å². The minimum absolute atomic E-state index is 0.145. The van der Waals surface area contributed by atoms with Crippen molar-refractivity contribution < 1.29 is 23.9 Å². The summed E-state index contributed by atoms with van der Waals surface area (Å²) in [4.78, 5) is 39.9. The van der Waals surface area contributed by atoms with E-state index in [1.807, 2.05) is 37.3 Å². The van der Waals surface area contributed by atoms with Crippen molar-refractivity contribution in [1.82, 2.24) is 30.9 Å². The highest BCUT2D eigenvalue weighted by Crippen LogP contribution is 2.28. The molecule has 5 rings (SSSR count). The molecule has 3 N–H and O–H groups in total. The highest BCUT2D eigenvalue weighted by Gasteiger charge is 2.27. The number of amides is 3. The molecule has 2 aliphatic rings. The lowest BCUT2D eigenvalue weighted by atomic mass is 10.0. The topological polar surface area (TPSA) is 136 Å².